The summed E-state index contributed by atoms with van der Waals surface area (Å²) >= 11 is 1.21. The summed E-state index contributed by atoms with van der Waals surface area (Å²) in [6, 6.07) is 7.09. The van der Waals surface area contributed by atoms with Crippen LogP contribution < -0.4 is 11.1 Å². The number of aryl methyl sites for hydroxylation is 1. The number of morpholine rings is 1. The molecule has 1 aromatic carbocycles. The molecule has 1 fully saturated rings. The van der Waals surface area contributed by atoms with E-state index < -0.39 is 10.0 Å². The van der Waals surface area contributed by atoms with Crippen LogP contribution in [0.4, 0.5) is 16.8 Å². The molecule has 160 valence electrons. The Labute approximate surface area is 183 Å². The van der Waals surface area contributed by atoms with Crippen molar-refractivity contribution in [3.05, 3.63) is 41.7 Å². The fourth-order valence-corrected chi connectivity index (χ4v) is 5.47. The minimum Gasteiger partial charge on any atom is -0.379 e. The highest BCUT2D eigenvalue weighted by Crippen LogP contribution is 2.30. The third kappa shape index (κ3) is 4.35. The first kappa shape index (κ1) is 21.1. The molecule has 3 aromatic rings. The lowest BCUT2D eigenvalue weighted by molar-refractivity contribution is 0.0730. The molecular formula is C19H19N7O3S2. The number of sulfonamides is 1. The van der Waals surface area contributed by atoms with E-state index in [0.29, 0.717) is 53.3 Å². The van der Waals surface area contributed by atoms with Crippen LogP contribution in [0.1, 0.15) is 11.1 Å². The van der Waals surface area contributed by atoms with E-state index in [-0.39, 0.29) is 16.4 Å². The summed E-state index contributed by atoms with van der Waals surface area (Å²) in [5, 5.41) is 12.8. The number of rotatable bonds is 5. The Balaban J connectivity index is 1.66. The molecule has 0 atom stereocenters. The van der Waals surface area contributed by atoms with Gasteiger partial charge < -0.3 is 15.8 Å². The molecule has 0 bridgehead atoms. The van der Waals surface area contributed by atoms with E-state index in [9.17, 15) is 13.7 Å². The highest BCUT2D eigenvalue weighted by atomic mass is 32.2. The second kappa shape index (κ2) is 8.56. The van der Waals surface area contributed by atoms with Crippen molar-refractivity contribution in [2.24, 2.45) is 0 Å². The lowest BCUT2D eigenvalue weighted by Gasteiger charge is -2.26. The predicted molar refractivity (Wildman–Crippen MR) is 116 cm³/mol. The molecule has 2 aromatic heterocycles. The van der Waals surface area contributed by atoms with Crippen LogP contribution in [0.2, 0.25) is 0 Å². The van der Waals surface area contributed by atoms with Crippen molar-refractivity contribution in [1.82, 2.24) is 19.3 Å². The van der Waals surface area contributed by atoms with Gasteiger partial charge in [-0.1, -0.05) is 17.4 Å². The molecule has 1 saturated heterocycles. The van der Waals surface area contributed by atoms with Gasteiger partial charge in [0.1, 0.15) is 11.8 Å². The fourth-order valence-electron chi connectivity index (χ4n) is 3.12. The molecule has 0 unspecified atom stereocenters. The summed E-state index contributed by atoms with van der Waals surface area (Å²) in [4.78, 5) is 13.4. The lowest BCUT2D eigenvalue weighted by Crippen LogP contribution is -2.40. The number of nitrogens with one attached hydrogen (secondary N) is 1. The summed E-state index contributed by atoms with van der Waals surface area (Å²) in [6.45, 7) is 3.14. The van der Waals surface area contributed by atoms with E-state index in [1.807, 2.05) is 0 Å². The van der Waals surface area contributed by atoms with Gasteiger partial charge in [0.05, 0.1) is 34.7 Å². The fraction of sp³-hybridized carbons (Fsp3) is 0.263. The molecular weight excluding hydrogens is 438 g/mol. The maximum absolute atomic E-state index is 13.1. The van der Waals surface area contributed by atoms with Crippen LogP contribution in [-0.2, 0) is 14.8 Å². The Kier molecular flexibility index (Phi) is 5.84. The summed E-state index contributed by atoms with van der Waals surface area (Å²) in [6.07, 6.45) is 2.95. The number of hydrogen-bond donors (Lipinski definition) is 2. The van der Waals surface area contributed by atoms with Crippen molar-refractivity contribution in [3.8, 4) is 16.6 Å². The van der Waals surface area contributed by atoms with Crippen molar-refractivity contribution in [2.75, 3.05) is 37.4 Å². The van der Waals surface area contributed by atoms with Gasteiger partial charge in [-0.05, 0) is 24.6 Å². The molecule has 0 amide bonds. The van der Waals surface area contributed by atoms with Gasteiger partial charge in [-0.2, -0.15) is 9.57 Å². The standard InChI is InChI=1S/C19H19N7O3S2/c1-12-2-3-14(8-16(12)31(27,28)26-4-6-29-7-5-26)24-19-23-10-13(9-20)17(25-19)15-11-22-18(21)30-15/h2-3,8,10-11H,4-7H2,1H3,(H2,21,22)(H,23,24,25). The van der Waals surface area contributed by atoms with Gasteiger partial charge in [0, 0.05) is 25.0 Å². The molecule has 31 heavy (non-hydrogen) atoms. The van der Waals surface area contributed by atoms with Crippen molar-refractivity contribution >= 4 is 38.1 Å². The van der Waals surface area contributed by atoms with Gasteiger partial charge in [0.15, 0.2) is 5.13 Å². The zero-order valence-electron chi connectivity index (χ0n) is 16.6. The average molecular weight is 458 g/mol. The largest absolute Gasteiger partial charge is 0.379 e. The number of aromatic nitrogens is 3. The van der Waals surface area contributed by atoms with Gasteiger partial charge in [0.2, 0.25) is 16.0 Å². The van der Waals surface area contributed by atoms with Crippen molar-refractivity contribution in [2.45, 2.75) is 11.8 Å². The van der Waals surface area contributed by atoms with Gasteiger partial charge in [-0.3, -0.25) is 0 Å². The van der Waals surface area contributed by atoms with Crippen LogP contribution >= 0.6 is 11.3 Å². The topological polar surface area (TPSA) is 147 Å². The number of benzene rings is 1. The van der Waals surface area contributed by atoms with Gasteiger partial charge in [0.25, 0.3) is 0 Å². The first-order valence-corrected chi connectivity index (χ1v) is 11.6. The highest BCUT2D eigenvalue weighted by molar-refractivity contribution is 7.89. The molecule has 12 heteroatoms. The van der Waals surface area contributed by atoms with Crippen molar-refractivity contribution in [3.63, 3.8) is 0 Å². The number of nitrogens with zero attached hydrogens (tertiary/aromatic N) is 5. The van der Waals surface area contributed by atoms with Crippen LogP contribution in [0.5, 0.6) is 0 Å². The first-order chi connectivity index (χ1) is 14.9. The van der Waals surface area contributed by atoms with Gasteiger partial charge in [-0.25, -0.2) is 23.4 Å². The van der Waals surface area contributed by atoms with Gasteiger partial charge >= 0.3 is 0 Å². The predicted octanol–water partition coefficient (Wildman–Crippen LogP) is 2.13. The number of anilines is 3. The zero-order valence-corrected chi connectivity index (χ0v) is 18.2. The third-order valence-corrected chi connectivity index (χ3v) is 7.57. The zero-order chi connectivity index (χ0) is 22.0. The van der Waals surface area contributed by atoms with Crippen LogP contribution in [0, 0.1) is 18.3 Å². The monoisotopic (exact) mass is 457 g/mol. The maximum Gasteiger partial charge on any atom is 0.243 e. The summed E-state index contributed by atoms with van der Waals surface area (Å²) in [7, 11) is -3.66. The third-order valence-electron chi connectivity index (χ3n) is 4.70. The smallest absolute Gasteiger partial charge is 0.243 e. The van der Waals surface area contributed by atoms with Crippen LogP contribution in [0.3, 0.4) is 0 Å². The van der Waals surface area contributed by atoms with E-state index in [1.54, 1.807) is 31.3 Å². The summed E-state index contributed by atoms with van der Waals surface area (Å²) in [5.74, 6) is 0.222. The Morgan fingerprint density at radius 2 is 2.03 bits per heavy atom. The molecule has 3 heterocycles. The Bertz CT molecular complexity index is 1260. The number of ether oxygens (including phenoxy) is 1. The molecule has 0 saturated carbocycles. The Morgan fingerprint density at radius 3 is 2.71 bits per heavy atom. The molecule has 1 aliphatic rings. The number of nitrogen functional groups attached to an aromatic ring is 1. The van der Waals surface area contributed by atoms with E-state index in [0.717, 1.165) is 0 Å². The number of nitriles is 1. The minimum absolute atomic E-state index is 0.212. The number of nitrogens with two attached hydrogens (primary N) is 1. The molecule has 0 aliphatic carbocycles. The molecule has 3 N–H and O–H groups in total. The number of hydrogen-bond acceptors (Lipinski definition) is 10. The van der Waals surface area contributed by atoms with E-state index in [2.05, 4.69) is 26.3 Å². The molecule has 4 rings (SSSR count). The highest BCUT2D eigenvalue weighted by Gasteiger charge is 2.28. The molecule has 0 spiro atoms. The van der Waals surface area contributed by atoms with Crippen molar-refractivity contribution in [1.29, 1.82) is 5.26 Å². The summed E-state index contributed by atoms with van der Waals surface area (Å²) in [5.41, 5.74) is 7.54. The first-order valence-electron chi connectivity index (χ1n) is 9.33. The second-order valence-electron chi connectivity index (χ2n) is 6.75. The Morgan fingerprint density at radius 1 is 1.26 bits per heavy atom. The van der Waals surface area contributed by atoms with E-state index in [1.165, 1.54) is 21.8 Å². The van der Waals surface area contributed by atoms with Crippen molar-refractivity contribution < 1.29 is 13.2 Å². The van der Waals surface area contributed by atoms with Crippen LogP contribution in [0.25, 0.3) is 10.6 Å². The number of thiazole rings is 1. The normalized spacial score (nSPS) is 14.8. The van der Waals surface area contributed by atoms with E-state index in [4.69, 9.17) is 10.5 Å². The average Bonchev–Trinajstić information content (AvgIpc) is 3.21. The minimum atomic E-state index is -3.66. The Hall–Kier alpha value is -3.11. The molecule has 10 nitrogen and oxygen atoms in total. The quantitative estimate of drug-likeness (QED) is 0.588. The second-order valence-corrected chi connectivity index (χ2v) is 9.72. The SMILES string of the molecule is Cc1ccc(Nc2ncc(C#N)c(-c3cnc(N)s3)n2)cc1S(=O)(=O)N1CCOCC1. The summed E-state index contributed by atoms with van der Waals surface area (Å²) < 4.78 is 32.9. The van der Waals surface area contributed by atoms with Crippen LogP contribution in [0.15, 0.2) is 35.5 Å². The van der Waals surface area contributed by atoms with Crippen LogP contribution in [-0.4, -0.2) is 54.0 Å². The lowest BCUT2D eigenvalue weighted by atomic mass is 10.2. The maximum atomic E-state index is 13.1. The molecule has 1 aliphatic heterocycles. The molecule has 0 radical (unpaired) electrons. The van der Waals surface area contributed by atoms with Gasteiger partial charge in [-0.15, -0.1) is 0 Å². The van der Waals surface area contributed by atoms with E-state index >= 15 is 0 Å².